The monoisotopic (exact) mass is 558 g/mol. The van der Waals surface area contributed by atoms with E-state index in [-0.39, 0.29) is 21.7 Å². The lowest BCUT2D eigenvalue weighted by Crippen LogP contribution is -2.72. The van der Waals surface area contributed by atoms with E-state index in [2.05, 4.69) is 153 Å². The zero-order valence-corrected chi connectivity index (χ0v) is 27.6. The average molecular weight is 559 g/mol. The first-order valence-corrected chi connectivity index (χ1v) is 15.5. The number of ether oxygens (including phenoxy) is 1. The van der Waals surface area contributed by atoms with Gasteiger partial charge < -0.3 is 4.74 Å². The minimum atomic E-state index is -0.544. The summed E-state index contributed by atoms with van der Waals surface area (Å²) in [6.07, 6.45) is 4.68. The second-order valence-corrected chi connectivity index (χ2v) is 16.9. The van der Waals surface area contributed by atoms with Gasteiger partial charge in [0.05, 0.1) is 11.1 Å². The number of aromatic nitrogens is 2. The van der Waals surface area contributed by atoms with Gasteiger partial charge in [0.15, 0.2) is 23.5 Å². The van der Waals surface area contributed by atoms with E-state index < -0.39 is 5.66 Å². The maximum atomic E-state index is 7.06. The summed E-state index contributed by atoms with van der Waals surface area (Å²) < 4.78 is 12.1. The van der Waals surface area contributed by atoms with E-state index in [1.165, 1.54) is 55.9 Å². The molecule has 0 radical (unpaired) electrons. The van der Waals surface area contributed by atoms with Crippen molar-refractivity contribution in [2.24, 2.45) is 0 Å². The largest absolute Gasteiger partial charge is 0.456 e. The van der Waals surface area contributed by atoms with E-state index in [0.717, 1.165) is 11.5 Å². The zero-order valence-electron chi connectivity index (χ0n) is 27.6. The van der Waals surface area contributed by atoms with E-state index in [9.17, 15) is 0 Å². The highest BCUT2D eigenvalue weighted by atomic mass is 16.5. The number of hydrogen-bond donors (Lipinski definition) is 0. The van der Waals surface area contributed by atoms with E-state index in [0.29, 0.717) is 0 Å². The van der Waals surface area contributed by atoms with Crippen LogP contribution in [0, 0.1) is 0 Å². The van der Waals surface area contributed by atoms with Gasteiger partial charge in [0.2, 0.25) is 11.4 Å². The number of nitrogens with zero attached hydrogens (tertiary/aromatic N) is 2. The molecule has 0 amide bonds. The van der Waals surface area contributed by atoms with Crippen LogP contribution in [0.25, 0.3) is 22.5 Å². The van der Waals surface area contributed by atoms with Crippen LogP contribution in [-0.4, -0.2) is 0 Å². The van der Waals surface area contributed by atoms with Crippen molar-refractivity contribution < 1.29 is 13.9 Å². The van der Waals surface area contributed by atoms with Gasteiger partial charge in [-0.1, -0.05) is 83.1 Å². The topological polar surface area (TPSA) is 17.0 Å². The smallest absolute Gasteiger partial charge is 0.424 e. The molecule has 0 unspecified atom stereocenters. The Kier molecular flexibility index (Phi) is 5.16. The first kappa shape index (κ1) is 27.4. The van der Waals surface area contributed by atoms with Gasteiger partial charge in [0.25, 0.3) is 0 Å². The molecule has 3 aliphatic rings. The average Bonchev–Trinajstić information content (AvgIpc) is 3.33. The van der Waals surface area contributed by atoms with Crippen molar-refractivity contribution in [2.75, 3.05) is 0 Å². The Morgan fingerprint density at radius 3 is 1.17 bits per heavy atom. The summed E-state index contributed by atoms with van der Waals surface area (Å²) in [6.45, 7) is 27.6. The minimum Gasteiger partial charge on any atom is -0.456 e. The van der Waals surface area contributed by atoms with Gasteiger partial charge in [0, 0.05) is 24.3 Å². The van der Waals surface area contributed by atoms with Crippen LogP contribution in [0.5, 0.6) is 11.5 Å². The highest BCUT2D eigenvalue weighted by molar-refractivity contribution is 5.81. The Balaban J connectivity index is 1.68. The number of fused-ring (bicyclic) bond motifs is 4. The molecule has 0 aliphatic carbocycles. The molecule has 0 bridgehead atoms. The summed E-state index contributed by atoms with van der Waals surface area (Å²) in [5, 5.41) is 0. The second-order valence-electron chi connectivity index (χ2n) is 16.9. The summed E-state index contributed by atoms with van der Waals surface area (Å²) in [4.78, 5) is 0. The van der Waals surface area contributed by atoms with Crippen LogP contribution in [0.4, 0.5) is 0 Å². The lowest BCUT2D eigenvalue weighted by atomic mass is 9.79. The molecule has 0 atom stereocenters. The summed E-state index contributed by atoms with van der Waals surface area (Å²) in [6, 6.07) is 19.0. The van der Waals surface area contributed by atoms with Gasteiger partial charge in [-0.25, -0.2) is 0 Å². The molecule has 2 aromatic heterocycles. The second kappa shape index (κ2) is 7.92. The van der Waals surface area contributed by atoms with E-state index in [1.54, 1.807) is 0 Å². The van der Waals surface area contributed by atoms with Crippen LogP contribution in [-0.2, 0) is 27.3 Å². The standard InChI is InChI=1S/C39H46N2O/c1-35(2,3)23-13-15-40-29(19-23)27-17-25(37(7,8)9)21-31-33(27)39(40)34-28(18-26(38(10,11)12)22-32(34)42-31)30-20-24(36(4,5)6)14-16-41(30)39/h13-22H,1-12H3/q+2. The highest BCUT2D eigenvalue weighted by Gasteiger charge is 2.71. The van der Waals surface area contributed by atoms with Gasteiger partial charge in [-0.15, -0.1) is 9.13 Å². The third-order valence-electron chi connectivity index (χ3n) is 9.74. The maximum absolute atomic E-state index is 7.06. The predicted molar refractivity (Wildman–Crippen MR) is 171 cm³/mol. The van der Waals surface area contributed by atoms with Crippen molar-refractivity contribution in [3.8, 4) is 34.0 Å². The molecule has 3 nitrogen and oxygen atoms in total. The Hall–Kier alpha value is -3.46. The van der Waals surface area contributed by atoms with Gasteiger partial charge >= 0.3 is 5.66 Å². The fourth-order valence-corrected chi connectivity index (χ4v) is 7.14. The molecule has 0 saturated heterocycles. The molecule has 0 N–H and O–H groups in total. The molecule has 4 aromatic rings. The van der Waals surface area contributed by atoms with Crippen LogP contribution in [0.2, 0.25) is 0 Å². The summed E-state index contributed by atoms with van der Waals surface area (Å²) in [5.74, 6) is 1.95. The quantitative estimate of drug-likeness (QED) is 0.170. The Morgan fingerprint density at radius 2 is 0.833 bits per heavy atom. The SMILES string of the molecule is CC(C)(C)c1cc2c3c(c1)-c1cc(C(C)(C)C)cc[n+]1C31c3c(cc(C(C)(C)C)cc3-c3cc(C(C)(C)C)cc[n+]31)O2. The van der Waals surface area contributed by atoms with E-state index in [4.69, 9.17) is 4.74 Å². The van der Waals surface area contributed by atoms with Crippen LogP contribution >= 0.6 is 0 Å². The summed E-state index contributed by atoms with van der Waals surface area (Å²) in [5.41, 5.74) is 12.4. The van der Waals surface area contributed by atoms with Gasteiger partial charge in [-0.05, 0) is 68.2 Å². The van der Waals surface area contributed by atoms with Crippen LogP contribution in [0.1, 0.15) is 116 Å². The van der Waals surface area contributed by atoms with Crippen molar-refractivity contribution >= 4 is 0 Å². The van der Waals surface area contributed by atoms with Crippen molar-refractivity contribution in [3.05, 3.63) is 94.3 Å². The van der Waals surface area contributed by atoms with Crippen molar-refractivity contribution in [2.45, 2.75) is 110 Å². The third kappa shape index (κ3) is 3.52. The summed E-state index contributed by atoms with van der Waals surface area (Å²) in [7, 11) is 0. The number of benzene rings is 2. The molecule has 7 rings (SSSR count). The molecule has 2 aromatic carbocycles. The first-order chi connectivity index (χ1) is 19.3. The van der Waals surface area contributed by atoms with Gasteiger partial charge in [-0.2, -0.15) is 0 Å². The molecular weight excluding hydrogens is 512 g/mol. The van der Waals surface area contributed by atoms with Crippen LogP contribution in [0.15, 0.2) is 60.9 Å². The van der Waals surface area contributed by atoms with E-state index in [1.807, 2.05) is 0 Å². The van der Waals surface area contributed by atoms with Gasteiger partial charge in [-0.3, -0.25) is 0 Å². The molecular formula is C39H46N2O+2. The fraction of sp³-hybridized carbons (Fsp3) is 0.436. The molecule has 5 heterocycles. The lowest BCUT2D eigenvalue weighted by Gasteiger charge is -2.29. The predicted octanol–water partition coefficient (Wildman–Crippen LogP) is 8.82. The maximum Gasteiger partial charge on any atom is 0.424 e. The van der Waals surface area contributed by atoms with Crippen LogP contribution in [0.3, 0.4) is 0 Å². The molecule has 3 heteroatoms. The molecule has 42 heavy (non-hydrogen) atoms. The minimum absolute atomic E-state index is 0.0157. The first-order valence-electron chi connectivity index (χ1n) is 15.5. The van der Waals surface area contributed by atoms with E-state index >= 15 is 0 Å². The third-order valence-corrected chi connectivity index (χ3v) is 9.74. The van der Waals surface area contributed by atoms with Crippen molar-refractivity contribution in [1.82, 2.24) is 0 Å². The molecule has 3 aliphatic heterocycles. The highest BCUT2D eigenvalue weighted by Crippen LogP contribution is 2.59. The molecule has 0 saturated carbocycles. The van der Waals surface area contributed by atoms with Crippen molar-refractivity contribution in [1.29, 1.82) is 0 Å². The van der Waals surface area contributed by atoms with Crippen molar-refractivity contribution in [3.63, 3.8) is 0 Å². The molecule has 1 spiro atoms. The zero-order chi connectivity index (χ0) is 30.4. The molecule has 216 valence electrons. The van der Waals surface area contributed by atoms with Gasteiger partial charge in [0.1, 0.15) is 11.5 Å². The Labute approximate surface area is 252 Å². The number of rotatable bonds is 0. The Bertz CT molecular complexity index is 1700. The fourth-order valence-electron chi connectivity index (χ4n) is 7.14. The normalized spacial score (nSPS) is 16.0. The Morgan fingerprint density at radius 1 is 0.476 bits per heavy atom. The van der Waals surface area contributed by atoms with Crippen LogP contribution < -0.4 is 13.9 Å². The number of pyridine rings is 2. The summed E-state index contributed by atoms with van der Waals surface area (Å²) >= 11 is 0. The lowest BCUT2D eigenvalue weighted by molar-refractivity contribution is -0.955. The number of hydrogen-bond acceptors (Lipinski definition) is 1. The molecule has 0 fully saturated rings.